The highest BCUT2D eigenvalue weighted by atomic mass is 32.1. The van der Waals surface area contributed by atoms with Crippen LogP contribution in [0.2, 0.25) is 0 Å². The first-order valence-electron chi connectivity index (χ1n) is 16.8. The molecule has 0 saturated heterocycles. The van der Waals surface area contributed by atoms with Gasteiger partial charge in [0.15, 0.2) is 0 Å². The third kappa shape index (κ3) is 4.29. The van der Waals surface area contributed by atoms with E-state index in [-0.39, 0.29) is 0 Å². The molecule has 8 aromatic carbocycles. The smallest absolute Gasteiger partial charge is 0.0476 e. The van der Waals surface area contributed by atoms with Gasteiger partial charge in [-0.05, 0) is 82.6 Å². The van der Waals surface area contributed by atoms with Crippen LogP contribution in [0, 0.1) is 0 Å². The predicted octanol–water partition coefficient (Wildman–Crippen LogP) is 15.1. The second kappa shape index (κ2) is 11.0. The van der Waals surface area contributed by atoms with Gasteiger partial charge in [-0.1, -0.05) is 103 Å². The Bertz CT molecular complexity index is 2990. The molecule has 1 nitrogen and oxygen atoms in total. The van der Waals surface area contributed by atoms with Gasteiger partial charge in [-0.15, -0.1) is 34.0 Å². The number of hydrogen-bond acceptors (Lipinski definition) is 4. The largest absolute Gasteiger partial charge is 0.310 e. The molecule has 50 heavy (non-hydrogen) atoms. The van der Waals surface area contributed by atoms with E-state index in [2.05, 4.69) is 169 Å². The van der Waals surface area contributed by atoms with E-state index in [1.165, 1.54) is 82.4 Å². The highest BCUT2D eigenvalue weighted by Crippen LogP contribution is 2.45. The summed E-state index contributed by atoms with van der Waals surface area (Å²) in [5, 5.41) is 10.6. The first kappa shape index (κ1) is 28.3. The Labute approximate surface area is 300 Å². The Kier molecular flexibility index (Phi) is 6.23. The van der Waals surface area contributed by atoms with Crippen molar-refractivity contribution in [2.24, 2.45) is 0 Å². The van der Waals surface area contributed by atoms with Crippen LogP contribution < -0.4 is 4.90 Å². The summed E-state index contributed by atoms with van der Waals surface area (Å²) in [5.41, 5.74) is 5.94. The van der Waals surface area contributed by atoms with Gasteiger partial charge in [0.2, 0.25) is 0 Å². The Morgan fingerprint density at radius 1 is 0.300 bits per heavy atom. The van der Waals surface area contributed by atoms with E-state index in [1.807, 2.05) is 34.0 Å². The van der Waals surface area contributed by atoms with Gasteiger partial charge in [-0.25, -0.2) is 0 Å². The molecule has 0 aliphatic heterocycles. The minimum Gasteiger partial charge on any atom is -0.310 e. The SMILES string of the molecule is c1ccc2c(c1)sc1cc(N(c3ccc(-c4cccc5c4ccc4sc6ccccc6c45)cc3)c3ccc4c(c3)sc3ccccc34)ccc12. The van der Waals surface area contributed by atoms with Crippen molar-refractivity contribution in [2.45, 2.75) is 0 Å². The third-order valence-corrected chi connectivity index (χ3v) is 13.5. The number of benzene rings is 8. The minimum absolute atomic E-state index is 1.14. The molecule has 0 aliphatic rings. The molecule has 0 atom stereocenters. The van der Waals surface area contributed by atoms with Crippen molar-refractivity contribution >= 4 is 122 Å². The van der Waals surface area contributed by atoms with E-state index in [0.29, 0.717) is 0 Å². The van der Waals surface area contributed by atoms with Crippen molar-refractivity contribution in [1.82, 2.24) is 0 Å². The molecule has 4 heteroatoms. The van der Waals surface area contributed by atoms with Crippen molar-refractivity contribution in [2.75, 3.05) is 4.90 Å². The fraction of sp³-hybridized carbons (Fsp3) is 0. The molecular weight excluding hydrogens is 663 g/mol. The standard InChI is InChI=1S/C46H27NS3/c1-4-13-40-34(8-1)36-22-20-30(26-44(36)49-40)47(31-21-23-37-35-9-2-5-14-41(35)50-45(37)27-31)29-18-16-28(17-19-29)32-11-7-12-38-33(32)24-25-43-46(38)39-10-3-6-15-42(39)48-43/h1-27H. The normalized spacial score (nSPS) is 12.0. The number of anilines is 3. The average Bonchev–Trinajstić information content (AvgIpc) is 3.86. The van der Waals surface area contributed by atoms with Crippen LogP contribution in [0.25, 0.3) is 82.4 Å². The highest BCUT2D eigenvalue weighted by molar-refractivity contribution is 7.26. The highest BCUT2D eigenvalue weighted by Gasteiger charge is 2.18. The van der Waals surface area contributed by atoms with Gasteiger partial charge in [0.25, 0.3) is 0 Å². The summed E-state index contributed by atoms with van der Waals surface area (Å²) in [4.78, 5) is 2.42. The zero-order valence-electron chi connectivity index (χ0n) is 26.8. The van der Waals surface area contributed by atoms with Crippen LogP contribution in [0.4, 0.5) is 17.1 Å². The Hall–Kier alpha value is -5.52. The number of fused-ring (bicyclic) bond motifs is 11. The molecule has 0 saturated carbocycles. The van der Waals surface area contributed by atoms with Gasteiger partial charge < -0.3 is 4.90 Å². The number of rotatable bonds is 4. The molecule has 3 heterocycles. The van der Waals surface area contributed by atoms with Crippen LogP contribution in [0.3, 0.4) is 0 Å². The molecule has 3 aromatic heterocycles. The number of hydrogen-bond donors (Lipinski definition) is 0. The second-order valence-electron chi connectivity index (χ2n) is 12.9. The molecule has 0 fully saturated rings. The molecular formula is C46H27NS3. The van der Waals surface area contributed by atoms with Crippen LogP contribution in [-0.4, -0.2) is 0 Å². The van der Waals surface area contributed by atoms with E-state index in [1.54, 1.807) is 0 Å². The van der Waals surface area contributed by atoms with Crippen molar-refractivity contribution in [3.63, 3.8) is 0 Å². The maximum absolute atomic E-state index is 2.42. The predicted molar refractivity (Wildman–Crippen MR) is 223 cm³/mol. The van der Waals surface area contributed by atoms with Crippen molar-refractivity contribution in [1.29, 1.82) is 0 Å². The number of nitrogens with zero attached hydrogens (tertiary/aromatic N) is 1. The topological polar surface area (TPSA) is 3.24 Å². The van der Waals surface area contributed by atoms with E-state index < -0.39 is 0 Å². The average molecular weight is 690 g/mol. The van der Waals surface area contributed by atoms with Gasteiger partial charge in [0, 0.05) is 77.6 Å². The summed E-state index contributed by atoms with van der Waals surface area (Å²) < 4.78 is 7.93. The lowest BCUT2D eigenvalue weighted by atomic mass is 9.95. The van der Waals surface area contributed by atoms with Crippen LogP contribution in [0.5, 0.6) is 0 Å². The molecule has 11 aromatic rings. The molecule has 0 bridgehead atoms. The Morgan fingerprint density at radius 2 is 0.780 bits per heavy atom. The van der Waals surface area contributed by atoms with E-state index in [4.69, 9.17) is 0 Å². The van der Waals surface area contributed by atoms with Gasteiger partial charge >= 0.3 is 0 Å². The zero-order chi connectivity index (χ0) is 32.8. The lowest BCUT2D eigenvalue weighted by molar-refractivity contribution is 1.30. The van der Waals surface area contributed by atoms with Gasteiger partial charge in [0.1, 0.15) is 0 Å². The molecule has 0 aliphatic carbocycles. The van der Waals surface area contributed by atoms with E-state index in [9.17, 15) is 0 Å². The lowest BCUT2D eigenvalue weighted by Crippen LogP contribution is -2.09. The summed E-state index contributed by atoms with van der Waals surface area (Å²) in [5.74, 6) is 0. The van der Waals surface area contributed by atoms with Gasteiger partial charge in [-0.2, -0.15) is 0 Å². The van der Waals surface area contributed by atoms with E-state index in [0.717, 1.165) is 17.1 Å². The summed E-state index contributed by atoms with van der Waals surface area (Å²) in [6.45, 7) is 0. The monoisotopic (exact) mass is 689 g/mol. The lowest BCUT2D eigenvalue weighted by Gasteiger charge is -2.26. The first-order chi connectivity index (χ1) is 24.8. The summed E-state index contributed by atoms with van der Waals surface area (Å²) >= 11 is 5.61. The maximum atomic E-state index is 2.42. The summed E-state index contributed by atoms with van der Waals surface area (Å²) in [6.07, 6.45) is 0. The van der Waals surface area contributed by atoms with Crippen LogP contribution >= 0.6 is 34.0 Å². The number of thiophene rings is 3. The minimum atomic E-state index is 1.14. The van der Waals surface area contributed by atoms with Crippen LogP contribution in [0.1, 0.15) is 0 Å². The first-order valence-corrected chi connectivity index (χ1v) is 19.3. The zero-order valence-corrected chi connectivity index (χ0v) is 29.2. The second-order valence-corrected chi connectivity index (χ2v) is 16.1. The molecule has 234 valence electrons. The molecule has 0 spiro atoms. The third-order valence-electron chi connectivity index (χ3n) is 10.1. The van der Waals surface area contributed by atoms with Crippen molar-refractivity contribution < 1.29 is 0 Å². The molecule has 0 unspecified atom stereocenters. The summed E-state index contributed by atoms with van der Waals surface area (Å²) in [7, 11) is 0. The van der Waals surface area contributed by atoms with Crippen molar-refractivity contribution in [3.05, 3.63) is 164 Å². The molecule has 0 radical (unpaired) electrons. The molecule has 11 rings (SSSR count). The molecule has 0 N–H and O–H groups in total. The Balaban J connectivity index is 1.07. The maximum Gasteiger partial charge on any atom is 0.0476 e. The fourth-order valence-electron chi connectivity index (χ4n) is 7.78. The van der Waals surface area contributed by atoms with Crippen molar-refractivity contribution in [3.8, 4) is 11.1 Å². The Morgan fingerprint density at radius 3 is 1.42 bits per heavy atom. The summed E-state index contributed by atoms with van der Waals surface area (Å²) in [6, 6.07) is 60.7. The van der Waals surface area contributed by atoms with Gasteiger partial charge in [-0.3, -0.25) is 0 Å². The molecule has 0 amide bonds. The van der Waals surface area contributed by atoms with Gasteiger partial charge in [0.05, 0.1) is 0 Å². The van der Waals surface area contributed by atoms with Crippen LogP contribution in [-0.2, 0) is 0 Å². The van der Waals surface area contributed by atoms with Crippen LogP contribution in [0.15, 0.2) is 164 Å². The fourth-order valence-corrected chi connectivity index (χ4v) is 11.2. The quantitative estimate of drug-likeness (QED) is 0.178. The van der Waals surface area contributed by atoms with E-state index >= 15 is 0 Å².